The molecule has 1 atom stereocenters. The molecule has 8 nitrogen and oxygen atoms in total. The van der Waals surface area contributed by atoms with Crippen LogP contribution < -0.4 is 15.4 Å². The summed E-state index contributed by atoms with van der Waals surface area (Å²) in [6, 6.07) is 7.65. The van der Waals surface area contributed by atoms with E-state index in [9.17, 15) is 4.79 Å². The summed E-state index contributed by atoms with van der Waals surface area (Å²) < 4.78 is 5.81. The van der Waals surface area contributed by atoms with E-state index in [2.05, 4.69) is 15.5 Å². The number of aromatic nitrogens is 2. The van der Waals surface area contributed by atoms with Crippen LogP contribution in [0, 0.1) is 0 Å². The second-order valence-electron chi connectivity index (χ2n) is 8.41. The summed E-state index contributed by atoms with van der Waals surface area (Å²) in [5, 5.41) is 6.70. The highest BCUT2D eigenvalue weighted by Crippen LogP contribution is 2.28. The van der Waals surface area contributed by atoms with Crippen LogP contribution >= 0.6 is 0 Å². The van der Waals surface area contributed by atoms with Gasteiger partial charge in [-0.05, 0) is 58.1 Å². The van der Waals surface area contributed by atoms with E-state index in [1.165, 1.54) is 0 Å². The standard InChI is InChI=1S/C23H32N6O2/c1-24-21-18-9-11-29(15-20(18)26-22(27-21)19-8-5-10-25-19)23(30)16-6-4-7-17(14-16)31-13-12-28(2)3/h4,6-7,14,19,25H,5,8-13,15H2,1-3H3,(H,24,26,27)/t19-/m1/s1. The molecule has 8 heteroatoms. The average Bonchev–Trinajstić information content (AvgIpc) is 3.32. The lowest BCUT2D eigenvalue weighted by Crippen LogP contribution is -2.37. The Kier molecular flexibility index (Phi) is 6.67. The van der Waals surface area contributed by atoms with Gasteiger partial charge in [-0.3, -0.25) is 4.79 Å². The van der Waals surface area contributed by atoms with Crippen LogP contribution in [0.2, 0.25) is 0 Å². The van der Waals surface area contributed by atoms with Crippen molar-refractivity contribution in [1.29, 1.82) is 0 Å². The fraction of sp³-hybridized carbons (Fsp3) is 0.522. The Morgan fingerprint density at radius 1 is 1.35 bits per heavy atom. The number of carbonyl (C=O) groups is 1. The minimum Gasteiger partial charge on any atom is -0.492 e. The molecule has 2 aromatic rings. The summed E-state index contributed by atoms with van der Waals surface area (Å²) in [4.78, 5) is 26.8. The third-order valence-electron chi connectivity index (χ3n) is 5.87. The molecule has 1 aromatic heterocycles. The summed E-state index contributed by atoms with van der Waals surface area (Å²) >= 11 is 0. The molecule has 0 unspecified atom stereocenters. The van der Waals surface area contributed by atoms with E-state index in [0.717, 1.165) is 61.0 Å². The molecule has 0 bridgehead atoms. The Bertz CT molecular complexity index is 926. The molecule has 1 amide bonds. The summed E-state index contributed by atoms with van der Waals surface area (Å²) in [6.45, 7) is 3.56. The Hall–Kier alpha value is -2.71. The number of benzene rings is 1. The predicted molar refractivity (Wildman–Crippen MR) is 120 cm³/mol. The quantitative estimate of drug-likeness (QED) is 0.704. The van der Waals surface area contributed by atoms with Crippen LogP contribution in [0.3, 0.4) is 0 Å². The molecule has 166 valence electrons. The summed E-state index contributed by atoms with van der Waals surface area (Å²) in [5.41, 5.74) is 2.71. The third-order valence-corrected chi connectivity index (χ3v) is 5.87. The van der Waals surface area contributed by atoms with Crippen molar-refractivity contribution in [2.45, 2.75) is 31.8 Å². The zero-order valence-electron chi connectivity index (χ0n) is 18.6. The number of nitrogens with zero attached hydrogens (tertiary/aromatic N) is 4. The van der Waals surface area contributed by atoms with Crippen LogP contribution in [0.15, 0.2) is 24.3 Å². The van der Waals surface area contributed by atoms with E-state index in [1.807, 2.05) is 50.3 Å². The van der Waals surface area contributed by atoms with Crippen LogP contribution in [0.4, 0.5) is 5.82 Å². The molecule has 0 radical (unpaired) electrons. The second-order valence-corrected chi connectivity index (χ2v) is 8.41. The SMILES string of the molecule is CNc1nc([C@H]2CCCN2)nc2c1CCN(C(=O)c1cccc(OCCN(C)C)c1)C2. The van der Waals surface area contributed by atoms with E-state index < -0.39 is 0 Å². The van der Waals surface area contributed by atoms with Crippen molar-refractivity contribution in [2.75, 3.05) is 52.7 Å². The van der Waals surface area contributed by atoms with Gasteiger partial charge in [0.1, 0.15) is 24.0 Å². The maximum atomic E-state index is 13.2. The molecule has 3 heterocycles. The molecule has 2 aliphatic rings. The third kappa shape index (κ3) is 4.97. The van der Waals surface area contributed by atoms with Crippen LogP contribution in [0.25, 0.3) is 0 Å². The Morgan fingerprint density at radius 2 is 2.23 bits per heavy atom. The van der Waals surface area contributed by atoms with E-state index in [0.29, 0.717) is 25.3 Å². The molecule has 31 heavy (non-hydrogen) atoms. The van der Waals surface area contributed by atoms with Gasteiger partial charge in [-0.2, -0.15) is 0 Å². The highest BCUT2D eigenvalue weighted by molar-refractivity contribution is 5.94. The van der Waals surface area contributed by atoms with E-state index in [1.54, 1.807) is 0 Å². The maximum absolute atomic E-state index is 13.2. The minimum atomic E-state index is 0.00821. The highest BCUT2D eigenvalue weighted by Gasteiger charge is 2.28. The number of rotatable bonds is 7. The zero-order valence-corrected chi connectivity index (χ0v) is 18.6. The van der Waals surface area contributed by atoms with Gasteiger partial charge in [0.25, 0.3) is 5.91 Å². The molecular formula is C23H32N6O2. The lowest BCUT2D eigenvalue weighted by atomic mass is 10.0. The van der Waals surface area contributed by atoms with Gasteiger partial charge in [-0.1, -0.05) is 6.07 Å². The smallest absolute Gasteiger partial charge is 0.254 e. The molecular weight excluding hydrogens is 392 g/mol. The van der Waals surface area contributed by atoms with Crippen molar-refractivity contribution < 1.29 is 9.53 Å². The monoisotopic (exact) mass is 424 g/mol. The summed E-state index contributed by atoms with van der Waals surface area (Å²) in [6.07, 6.45) is 2.93. The van der Waals surface area contributed by atoms with Crippen molar-refractivity contribution >= 4 is 11.7 Å². The first kappa shape index (κ1) is 21.5. The average molecular weight is 425 g/mol. The number of fused-ring (bicyclic) bond motifs is 1. The zero-order chi connectivity index (χ0) is 21.8. The second kappa shape index (κ2) is 9.62. The number of likely N-dealkylation sites (N-methyl/N-ethyl adjacent to an activating group) is 1. The number of carbonyl (C=O) groups excluding carboxylic acids is 1. The molecule has 0 saturated carbocycles. The normalized spacial score (nSPS) is 18.2. The van der Waals surface area contributed by atoms with Crippen LogP contribution in [0.5, 0.6) is 5.75 Å². The highest BCUT2D eigenvalue weighted by atomic mass is 16.5. The van der Waals surface area contributed by atoms with Gasteiger partial charge in [-0.25, -0.2) is 9.97 Å². The number of amides is 1. The lowest BCUT2D eigenvalue weighted by molar-refractivity contribution is 0.0731. The van der Waals surface area contributed by atoms with Crippen LogP contribution in [-0.2, 0) is 13.0 Å². The largest absolute Gasteiger partial charge is 0.492 e. The molecule has 1 fully saturated rings. The molecule has 0 aliphatic carbocycles. The van der Waals surface area contributed by atoms with Gasteiger partial charge < -0.3 is 25.2 Å². The van der Waals surface area contributed by atoms with E-state index in [-0.39, 0.29) is 11.9 Å². The molecule has 4 rings (SSSR count). The number of nitrogens with one attached hydrogen (secondary N) is 2. The number of hydrogen-bond acceptors (Lipinski definition) is 7. The van der Waals surface area contributed by atoms with E-state index in [4.69, 9.17) is 14.7 Å². The molecule has 1 aromatic carbocycles. The molecule has 2 N–H and O–H groups in total. The Labute approximate surface area is 184 Å². The topological polar surface area (TPSA) is 82.6 Å². The van der Waals surface area contributed by atoms with Gasteiger partial charge in [-0.15, -0.1) is 0 Å². The van der Waals surface area contributed by atoms with Crippen molar-refractivity contribution in [1.82, 2.24) is 25.1 Å². The summed E-state index contributed by atoms with van der Waals surface area (Å²) in [5.74, 6) is 2.44. The van der Waals surface area contributed by atoms with Gasteiger partial charge in [0.2, 0.25) is 0 Å². The van der Waals surface area contributed by atoms with Crippen LogP contribution in [-0.4, -0.2) is 73.1 Å². The number of hydrogen-bond donors (Lipinski definition) is 2. The van der Waals surface area contributed by atoms with Crippen LogP contribution in [0.1, 0.15) is 46.3 Å². The van der Waals surface area contributed by atoms with Crippen molar-refractivity contribution in [3.8, 4) is 5.75 Å². The first-order chi connectivity index (χ1) is 15.0. The summed E-state index contributed by atoms with van der Waals surface area (Å²) in [7, 11) is 5.91. The minimum absolute atomic E-state index is 0.00821. The fourth-order valence-corrected chi connectivity index (χ4v) is 4.14. The fourth-order valence-electron chi connectivity index (χ4n) is 4.14. The predicted octanol–water partition coefficient (Wildman–Crippen LogP) is 2.08. The van der Waals surface area contributed by atoms with E-state index >= 15 is 0 Å². The first-order valence-electron chi connectivity index (χ1n) is 11.0. The first-order valence-corrected chi connectivity index (χ1v) is 11.0. The number of ether oxygens (including phenoxy) is 1. The van der Waals surface area contributed by atoms with Crippen molar-refractivity contribution in [3.63, 3.8) is 0 Å². The Balaban J connectivity index is 1.50. The van der Waals surface area contributed by atoms with Gasteiger partial charge in [0.15, 0.2) is 0 Å². The van der Waals surface area contributed by atoms with Gasteiger partial charge >= 0.3 is 0 Å². The molecule has 2 aliphatic heterocycles. The van der Waals surface area contributed by atoms with Crippen molar-refractivity contribution in [3.05, 3.63) is 46.9 Å². The lowest BCUT2D eigenvalue weighted by Gasteiger charge is -2.30. The van der Waals surface area contributed by atoms with Gasteiger partial charge in [0, 0.05) is 31.3 Å². The Morgan fingerprint density at radius 3 is 2.97 bits per heavy atom. The number of anilines is 1. The maximum Gasteiger partial charge on any atom is 0.254 e. The molecule has 0 spiro atoms. The molecule has 1 saturated heterocycles. The van der Waals surface area contributed by atoms with Crippen molar-refractivity contribution in [2.24, 2.45) is 0 Å². The van der Waals surface area contributed by atoms with Gasteiger partial charge in [0.05, 0.1) is 18.3 Å².